The van der Waals surface area contributed by atoms with Crippen LogP contribution in [0.2, 0.25) is 0 Å². The zero-order chi connectivity index (χ0) is 36.4. The normalized spacial score (nSPS) is 18.9. The number of alkyl halides is 3. The van der Waals surface area contributed by atoms with E-state index < -0.39 is 46.9 Å². The molecule has 0 unspecified atom stereocenters. The molecule has 0 N–H and O–H groups in total. The van der Waals surface area contributed by atoms with Crippen molar-refractivity contribution in [3.63, 3.8) is 0 Å². The monoisotopic (exact) mass is 701 g/mol. The fourth-order valence-electron chi connectivity index (χ4n) is 7.29. The van der Waals surface area contributed by atoms with Gasteiger partial charge in [-0.15, -0.1) is 5.10 Å². The number of hydrogen-bond donors (Lipinski definition) is 0. The van der Waals surface area contributed by atoms with Crippen molar-refractivity contribution in [2.45, 2.75) is 56.9 Å². The van der Waals surface area contributed by atoms with Crippen molar-refractivity contribution >= 4 is 44.6 Å². The maximum Gasteiger partial charge on any atom is 0.417 e. The molecule has 0 spiro atoms. The van der Waals surface area contributed by atoms with E-state index in [2.05, 4.69) is 38.2 Å². The molecule has 5 aromatic rings. The molecule has 7 rings (SSSR count). The van der Waals surface area contributed by atoms with E-state index in [1.807, 2.05) is 30.8 Å². The number of likely N-dealkylation sites (N-methyl/N-ethyl adjacent to an activating group) is 1. The number of pyridine rings is 2. The lowest BCUT2D eigenvalue weighted by Gasteiger charge is -2.52. The second-order valence-corrected chi connectivity index (χ2v) is 13.5. The van der Waals surface area contributed by atoms with Crippen molar-refractivity contribution in [3.05, 3.63) is 53.7 Å². The highest BCUT2D eigenvalue weighted by molar-refractivity contribution is 6.09. The van der Waals surface area contributed by atoms with Gasteiger partial charge < -0.3 is 14.7 Å². The van der Waals surface area contributed by atoms with E-state index >= 15 is 17.6 Å². The molecule has 1 amide bonds. The summed E-state index contributed by atoms with van der Waals surface area (Å²) in [5.74, 6) is 2.98. The van der Waals surface area contributed by atoms with Gasteiger partial charge in [-0.25, -0.2) is 18.4 Å². The highest BCUT2D eigenvalue weighted by atomic mass is 19.4. The van der Waals surface area contributed by atoms with Crippen LogP contribution in [0.1, 0.15) is 44.7 Å². The van der Waals surface area contributed by atoms with E-state index in [0.717, 1.165) is 18.2 Å². The number of nitriles is 1. The molecule has 51 heavy (non-hydrogen) atoms. The first-order valence-electron chi connectivity index (χ1n) is 16.3. The van der Waals surface area contributed by atoms with Gasteiger partial charge >= 0.3 is 6.18 Å². The predicted molar refractivity (Wildman–Crippen MR) is 180 cm³/mol. The summed E-state index contributed by atoms with van der Waals surface area (Å²) < 4.78 is 78.5. The quantitative estimate of drug-likeness (QED) is 0.160. The highest BCUT2D eigenvalue weighted by Crippen LogP contribution is 2.46. The van der Waals surface area contributed by atoms with E-state index in [-0.39, 0.29) is 69.1 Å². The maximum absolute atomic E-state index is 17.1. The van der Waals surface area contributed by atoms with Gasteiger partial charge in [-0.05, 0) is 77.0 Å². The molecule has 2 fully saturated rings. The summed E-state index contributed by atoms with van der Waals surface area (Å²) in [5, 5.41) is 18.2. The Kier molecular flexibility index (Phi) is 8.29. The molecule has 15 heteroatoms. The van der Waals surface area contributed by atoms with Crippen molar-refractivity contribution in [1.29, 1.82) is 5.26 Å². The average Bonchev–Trinajstić information content (AvgIpc) is 3.53. The molecule has 2 atom stereocenters. The van der Waals surface area contributed by atoms with Crippen molar-refractivity contribution in [1.82, 2.24) is 34.8 Å². The van der Waals surface area contributed by atoms with Crippen LogP contribution < -0.4 is 4.90 Å². The maximum atomic E-state index is 17.1. The van der Waals surface area contributed by atoms with Crippen LogP contribution in [0.3, 0.4) is 0 Å². The number of likely N-dealkylation sites (tertiary alicyclic amines) is 1. The molecular weight excluding hydrogens is 669 g/mol. The Hall–Kier alpha value is -5.41. The Morgan fingerprint density at radius 3 is 2.57 bits per heavy atom. The highest BCUT2D eigenvalue weighted by Gasteiger charge is 2.44. The Labute approximate surface area is 289 Å². The van der Waals surface area contributed by atoms with Gasteiger partial charge in [-0.3, -0.25) is 9.78 Å². The number of halogens is 5. The molecule has 262 valence electrons. The fraction of sp³-hybridized carbons (Fsp3) is 0.389. The Morgan fingerprint density at radius 2 is 1.88 bits per heavy atom. The molecule has 2 aliphatic rings. The minimum Gasteiger partial charge on any atom is -0.351 e. The van der Waals surface area contributed by atoms with Crippen LogP contribution in [0.4, 0.5) is 27.8 Å². The number of aromatic nitrogens is 5. The molecular formula is C36H32F5N9O. The third-order valence-electron chi connectivity index (χ3n) is 10.2. The van der Waals surface area contributed by atoms with Crippen molar-refractivity contribution in [2.24, 2.45) is 0 Å². The summed E-state index contributed by atoms with van der Waals surface area (Å²) in [5.41, 5.74) is -2.69. The summed E-state index contributed by atoms with van der Waals surface area (Å²) in [6.07, 6.45) is -3.16. The SMILES string of the molecule is CC#CC(=O)N1CC[C@H](n2nnc3c(N4CC(C)(N(C)C)C4)nc4c(F)c(-c5ccc(F)c6cccnc56)c(C(F)(F)F)cc4c32)C[C@H]1CC#N. The van der Waals surface area contributed by atoms with Crippen molar-refractivity contribution in [2.75, 3.05) is 38.6 Å². The minimum atomic E-state index is -5.04. The number of nitrogens with zero attached hydrogens (tertiary/aromatic N) is 9. The zero-order valence-electron chi connectivity index (χ0n) is 28.2. The third kappa shape index (κ3) is 5.56. The second kappa shape index (κ2) is 12.4. The van der Waals surface area contributed by atoms with Crippen molar-refractivity contribution in [3.8, 4) is 29.0 Å². The van der Waals surface area contributed by atoms with Crippen LogP contribution in [0.5, 0.6) is 0 Å². The van der Waals surface area contributed by atoms with Crippen molar-refractivity contribution < 1.29 is 26.7 Å². The van der Waals surface area contributed by atoms with E-state index in [1.54, 1.807) is 0 Å². The summed E-state index contributed by atoms with van der Waals surface area (Å²) in [7, 11) is 3.87. The van der Waals surface area contributed by atoms with Gasteiger partial charge in [0, 0.05) is 53.8 Å². The largest absolute Gasteiger partial charge is 0.417 e. The smallest absolute Gasteiger partial charge is 0.351 e. The molecule has 2 aromatic carbocycles. The van der Waals surface area contributed by atoms with Gasteiger partial charge in [0.05, 0.1) is 35.2 Å². The van der Waals surface area contributed by atoms with E-state index in [9.17, 15) is 14.4 Å². The topological polar surface area (TPSA) is 107 Å². The number of hydrogen-bond acceptors (Lipinski definition) is 8. The van der Waals surface area contributed by atoms with E-state index in [1.165, 1.54) is 34.8 Å². The van der Waals surface area contributed by atoms with Gasteiger partial charge in [0.1, 0.15) is 16.9 Å². The Balaban J connectivity index is 1.49. The van der Waals surface area contributed by atoms with Gasteiger partial charge in [-0.1, -0.05) is 11.1 Å². The molecule has 0 aliphatic carbocycles. The van der Waals surface area contributed by atoms with Crippen LogP contribution in [0.15, 0.2) is 36.5 Å². The Morgan fingerprint density at radius 1 is 1.12 bits per heavy atom. The number of rotatable bonds is 5. The van der Waals surface area contributed by atoms with Crippen LogP contribution in [-0.4, -0.2) is 86.0 Å². The molecule has 0 radical (unpaired) electrons. The lowest BCUT2D eigenvalue weighted by molar-refractivity contribution is -0.137. The molecule has 2 aliphatic heterocycles. The number of anilines is 1. The second-order valence-electron chi connectivity index (χ2n) is 13.5. The van der Waals surface area contributed by atoms with Gasteiger partial charge in [0.25, 0.3) is 5.91 Å². The lowest BCUT2D eigenvalue weighted by Crippen LogP contribution is -2.67. The average molecular weight is 702 g/mol. The van der Waals surface area contributed by atoms with E-state index in [4.69, 9.17) is 0 Å². The predicted octanol–water partition coefficient (Wildman–Crippen LogP) is 6.10. The number of carbonyl (C=O) groups is 1. The first-order chi connectivity index (χ1) is 24.3. The van der Waals surface area contributed by atoms with Crippen LogP contribution >= 0.6 is 0 Å². The van der Waals surface area contributed by atoms with Gasteiger partial charge in [0.15, 0.2) is 17.2 Å². The fourth-order valence-corrected chi connectivity index (χ4v) is 7.29. The standard InChI is InChI=1S/C36H32F5N9O/c1-5-7-27(51)49-15-12-21(16-20(49)11-13-42)50-33-24-17-25(36(39,40)41)28(23-9-10-26(37)22-8-6-14-43-30(22)23)29(38)31(24)44-34(32(33)45-46-50)48-18-35(2,19-48)47(3)4/h6,8-10,14,17,20-21H,11-12,15-16,18-19H2,1-4H3/t20-,21+/m1/s1. The third-order valence-corrected chi connectivity index (χ3v) is 10.2. The molecule has 0 saturated carbocycles. The summed E-state index contributed by atoms with van der Waals surface area (Å²) in [6, 6.07) is 6.83. The van der Waals surface area contributed by atoms with Crippen LogP contribution in [0, 0.1) is 34.8 Å². The Bertz CT molecular complexity index is 2330. The first kappa shape index (κ1) is 34.1. The first-order valence-corrected chi connectivity index (χ1v) is 16.3. The van der Waals surface area contributed by atoms with Gasteiger partial charge in [-0.2, -0.15) is 18.4 Å². The zero-order valence-corrected chi connectivity index (χ0v) is 28.2. The molecule has 10 nitrogen and oxygen atoms in total. The molecule has 2 saturated heterocycles. The van der Waals surface area contributed by atoms with Gasteiger partial charge in [0.2, 0.25) is 0 Å². The summed E-state index contributed by atoms with van der Waals surface area (Å²) in [4.78, 5) is 27.0. The molecule has 0 bridgehead atoms. The molecule has 3 aromatic heterocycles. The summed E-state index contributed by atoms with van der Waals surface area (Å²) in [6.45, 7) is 4.76. The number of benzene rings is 2. The number of piperidine rings is 1. The summed E-state index contributed by atoms with van der Waals surface area (Å²) >= 11 is 0. The number of fused-ring (bicyclic) bond motifs is 4. The van der Waals surface area contributed by atoms with E-state index in [0.29, 0.717) is 19.5 Å². The minimum absolute atomic E-state index is 0.000580. The van der Waals surface area contributed by atoms with Crippen LogP contribution in [-0.2, 0) is 11.0 Å². The number of amides is 1. The molecule has 5 heterocycles. The number of carbonyl (C=O) groups excluding carboxylic acids is 1. The van der Waals surface area contributed by atoms with Crippen LogP contribution in [0.25, 0.3) is 44.0 Å². The lowest BCUT2D eigenvalue weighted by atomic mass is 9.90.